The van der Waals surface area contributed by atoms with Crippen molar-refractivity contribution in [1.29, 1.82) is 0 Å². The van der Waals surface area contributed by atoms with E-state index >= 15 is 0 Å². The molecular weight excluding hydrogens is 286 g/mol. The van der Waals surface area contributed by atoms with Gasteiger partial charge in [-0.25, -0.2) is 4.99 Å². The minimum absolute atomic E-state index is 0.168. The van der Waals surface area contributed by atoms with Crippen LogP contribution in [0.4, 0.5) is 0 Å². The van der Waals surface area contributed by atoms with Crippen molar-refractivity contribution in [3.8, 4) is 5.75 Å². The number of hydrogen-bond donors (Lipinski definition) is 2. The summed E-state index contributed by atoms with van der Waals surface area (Å²) in [6.45, 7) is 0. The molecule has 3 rings (SSSR count). The third kappa shape index (κ3) is 2.38. The molecule has 2 heterocycles. The van der Waals surface area contributed by atoms with Crippen molar-refractivity contribution in [2.24, 2.45) is 10.7 Å². The zero-order valence-electron chi connectivity index (χ0n) is 11.5. The van der Waals surface area contributed by atoms with Crippen LogP contribution in [-0.2, 0) is 16.8 Å². The number of hydrogen-bond acceptors (Lipinski definition) is 5. The Balaban J connectivity index is 1.99. The maximum atomic E-state index is 12.4. The Hall–Kier alpha value is -2.34. The highest BCUT2D eigenvalue weighted by atomic mass is 32.1. The first-order valence-electron chi connectivity index (χ1n) is 6.48. The van der Waals surface area contributed by atoms with E-state index in [2.05, 4.69) is 10.3 Å². The number of carbonyl (C=O) groups is 1. The summed E-state index contributed by atoms with van der Waals surface area (Å²) in [6, 6.07) is 11.4. The summed E-state index contributed by atoms with van der Waals surface area (Å²) in [5, 5.41) is 4.54. The minimum atomic E-state index is -0.965. The molecule has 0 saturated heterocycles. The first-order chi connectivity index (χ1) is 10.1. The number of thiophene rings is 1. The van der Waals surface area contributed by atoms with Crippen LogP contribution in [0.1, 0.15) is 10.4 Å². The van der Waals surface area contributed by atoms with Crippen molar-refractivity contribution in [1.82, 2.24) is 5.32 Å². The lowest BCUT2D eigenvalue weighted by atomic mass is 9.89. The predicted octanol–water partition coefficient (Wildman–Crippen LogP) is 1.64. The Morgan fingerprint density at radius 2 is 2.10 bits per heavy atom. The fraction of sp³-hybridized carbons (Fsp3) is 0.200. The van der Waals surface area contributed by atoms with Gasteiger partial charge in [0.15, 0.2) is 11.5 Å². The number of aliphatic imine (C=N–C) groups is 1. The normalized spacial score (nSPS) is 21.0. The third-order valence-electron chi connectivity index (χ3n) is 3.48. The van der Waals surface area contributed by atoms with Crippen LogP contribution in [0.15, 0.2) is 46.8 Å². The lowest BCUT2D eigenvalue weighted by Gasteiger charge is -2.22. The van der Waals surface area contributed by atoms with Crippen molar-refractivity contribution in [2.45, 2.75) is 12.0 Å². The van der Waals surface area contributed by atoms with Crippen LogP contribution in [0, 0.1) is 0 Å². The Kier molecular flexibility index (Phi) is 3.39. The van der Waals surface area contributed by atoms with Gasteiger partial charge < -0.3 is 10.5 Å². The molecule has 1 aliphatic rings. The van der Waals surface area contributed by atoms with Crippen LogP contribution in [-0.4, -0.2) is 19.0 Å². The van der Waals surface area contributed by atoms with Gasteiger partial charge in [-0.15, -0.1) is 11.3 Å². The SMILES string of the molecule is COc1ccc(C[C@]2(c3cccs3)N=C(N)NC2=O)cc1. The van der Waals surface area contributed by atoms with E-state index in [1.165, 1.54) is 11.3 Å². The van der Waals surface area contributed by atoms with Crippen LogP contribution < -0.4 is 15.8 Å². The first-order valence-corrected chi connectivity index (χ1v) is 7.36. The van der Waals surface area contributed by atoms with Gasteiger partial charge in [0.1, 0.15) is 5.75 Å². The van der Waals surface area contributed by atoms with Crippen LogP contribution in [0.25, 0.3) is 0 Å². The van der Waals surface area contributed by atoms with Gasteiger partial charge >= 0.3 is 0 Å². The van der Waals surface area contributed by atoms with Gasteiger partial charge in [-0.2, -0.15) is 0 Å². The van der Waals surface area contributed by atoms with E-state index in [1.807, 2.05) is 41.8 Å². The number of nitrogens with one attached hydrogen (secondary N) is 1. The van der Waals surface area contributed by atoms with Gasteiger partial charge in [0.25, 0.3) is 5.91 Å². The third-order valence-corrected chi connectivity index (χ3v) is 4.50. The number of nitrogens with zero attached hydrogens (tertiary/aromatic N) is 1. The van der Waals surface area contributed by atoms with E-state index in [4.69, 9.17) is 10.5 Å². The lowest BCUT2D eigenvalue weighted by Crippen LogP contribution is -2.39. The largest absolute Gasteiger partial charge is 0.497 e. The molecule has 2 aromatic rings. The maximum absolute atomic E-state index is 12.4. The number of guanidine groups is 1. The summed E-state index contributed by atoms with van der Waals surface area (Å²) < 4.78 is 5.15. The van der Waals surface area contributed by atoms with E-state index < -0.39 is 5.54 Å². The number of amides is 1. The summed E-state index contributed by atoms with van der Waals surface area (Å²) in [5.74, 6) is 0.767. The van der Waals surface area contributed by atoms with E-state index in [0.29, 0.717) is 6.42 Å². The van der Waals surface area contributed by atoms with Crippen molar-refractivity contribution in [2.75, 3.05) is 7.11 Å². The summed E-state index contributed by atoms with van der Waals surface area (Å²) >= 11 is 1.50. The molecule has 0 bridgehead atoms. The lowest BCUT2D eigenvalue weighted by molar-refractivity contribution is -0.123. The number of rotatable bonds is 4. The summed E-state index contributed by atoms with van der Waals surface area (Å²) in [4.78, 5) is 17.7. The Morgan fingerprint density at radius 1 is 1.33 bits per heavy atom. The number of ether oxygens (including phenoxy) is 1. The maximum Gasteiger partial charge on any atom is 0.260 e. The van der Waals surface area contributed by atoms with Crippen LogP contribution in [0.3, 0.4) is 0 Å². The van der Waals surface area contributed by atoms with Crippen molar-refractivity contribution < 1.29 is 9.53 Å². The average Bonchev–Trinajstić information content (AvgIpc) is 3.09. The molecule has 1 aromatic heterocycles. The fourth-order valence-electron chi connectivity index (χ4n) is 2.43. The molecule has 0 unspecified atom stereocenters. The van der Waals surface area contributed by atoms with E-state index in [-0.39, 0.29) is 11.9 Å². The van der Waals surface area contributed by atoms with Crippen molar-refractivity contribution in [3.05, 3.63) is 52.2 Å². The van der Waals surface area contributed by atoms with E-state index in [9.17, 15) is 4.79 Å². The molecule has 0 aliphatic carbocycles. The summed E-state index contributed by atoms with van der Waals surface area (Å²) in [6.07, 6.45) is 0.462. The Bertz CT molecular complexity index is 679. The first kappa shape index (κ1) is 13.6. The van der Waals surface area contributed by atoms with Gasteiger partial charge in [0.05, 0.1) is 7.11 Å². The molecule has 1 aromatic carbocycles. The van der Waals surface area contributed by atoms with Crippen LogP contribution >= 0.6 is 11.3 Å². The van der Waals surface area contributed by atoms with Gasteiger partial charge in [-0.1, -0.05) is 18.2 Å². The molecule has 0 spiro atoms. The molecule has 5 nitrogen and oxygen atoms in total. The van der Waals surface area contributed by atoms with Gasteiger partial charge in [0.2, 0.25) is 0 Å². The fourth-order valence-corrected chi connectivity index (χ4v) is 3.30. The van der Waals surface area contributed by atoms with Crippen LogP contribution in [0.5, 0.6) is 5.75 Å². The number of carbonyl (C=O) groups excluding carboxylic acids is 1. The second kappa shape index (κ2) is 5.21. The molecule has 1 atom stereocenters. The van der Waals surface area contributed by atoms with Gasteiger partial charge in [-0.3, -0.25) is 10.1 Å². The standard InChI is InChI=1S/C15H15N3O2S/c1-20-11-6-4-10(5-7-11)9-15(12-3-2-8-21-12)13(19)17-14(16)18-15/h2-8H,9H2,1H3,(H3,16,17,18,19)/t15-/m1/s1. The molecule has 108 valence electrons. The number of methoxy groups -OCH3 is 1. The van der Waals surface area contributed by atoms with Crippen molar-refractivity contribution >= 4 is 23.2 Å². The molecule has 21 heavy (non-hydrogen) atoms. The zero-order valence-corrected chi connectivity index (χ0v) is 12.3. The number of nitrogens with two attached hydrogens (primary N) is 1. The Labute approximate surface area is 126 Å². The molecule has 6 heteroatoms. The number of benzene rings is 1. The minimum Gasteiger partial charge on any atom is -0.497 e. The van der Waals surface area contributed by atoms with Crippen LogP contribution in [0.2, 0.25) is 0 Å². The molecular formula is C15H15N3O2S. The Morgan fingerprint density at radius 3 is 2.62 bits per heavy atom. The smallest absolute Gasteiger partial charge is 0.260 e. The van der Waals surface area contributed by atoms with E-state index in [1.54, 1.807) is 7.11 Å². The predicted molar refractivity (Wildman–Crippen MR) is 82.5 cm³/mol. The molecule has 3 N–H and O–H groups in total. The molecule has 0 fully saturated rings. The highest BCUT2D eigenvalue weighted by Gasteiger charge is 2.45. The van der Waals surface area contributed by atoms with E-state index in [0.717, 1.165) is 16.2 Å². The average molecular weight is 301 g/mol. The molecule has 1 amide bonds. The zero-order chi connectivity index (χ0) is 14.9. The molecule has 0 saturated carbocycles. The quantitative estimate of drug-likeness (QED) is 0.901. The molecule has 1 aliphatic heterocycles. The second-order valence-corrected chi connectivity index (χ2v) is 5.76. The summed E-state index contributed by atoms with van der Waals surface area (Å²) in [7, 11) is 1.62. The van der Waals surface area contributed by atoms with Gasteiger partial charge in [-0.05, 0) is 29.1 Å². The van der Waals surface area contributed by atoms with Gasteiger partial charge in [0, 0.05) is 11.3 Å². The van der Waals surface area contributed by atoms with Crippen molar-refractivity contribution in [3.63, 3.8) is 0 Å². The molecule has 0 radical (unpaired) electrons. The monoisotopic (exact) mass is 301 g/mol. The highest BCUT2D eigenvalue weighted by Crippen LogP contribution is 2.36. The summed E-state index contributed by atoms with van der Waals surface area (Å²) in [5.41, 5.74) is 5.74. The second-order valence-electron chi connectivity index (χ2n) is 4.81. The topological polar surface area (TPSA) is 76.7 Å². The highest BCUT2D eigenvalue weighted by molar-refractivity contribution is 7.10.